The molecule has 0 atom stereocenters. The van der Waals surface area contributed by atoms with Gasteiger partial charge >= 0.3 is 0 Å². The van der Waals surface area contributed by atoms with Crippen LogP contribution in [0.4, 0.5) is 0 Å². The lowest BCUT2D eigenvalue weighted by Gasteiger charge is -2.15. The standard InChI is InChI=1S/C53H33N5/c1-3-15-34(16-4-1)38-31-47(36-17-5-2-6-18-36)54-48(32-38)37-29-27-35(28-30-37)43-33-44-40-20-10-13-25-49(40)57(51(44)41-21-8-7-19-39(41)43)53-56-45-23-11-9-22-42(45)52-55-46-24-12-14-26-50(46)58(52)53/h1-33H. The molecule has 12 rings (SSSR count). The van der Waals surface area contributed by atoms with E-state index in [1.165, 1.54) is 27.3 Å². The summed E-state index contributed by atoms with van der Waals surface area (Å²) >= 11 is 0. The van der Waals surface area contributed by atoms with Crippen molar-refractivity contribution in [2.45, 2.75) is 0 Å². The van der Waals surface area contributed by atoms with Crippen molar-refractivity contribution in [1.29, 1.82) is 0 Å². The van der Waals surface area contributed by atoms with Gasteiger partial charge in [-0.25, -0.2) is 15.0 Å². The van der Waals surface area contributed by atoms with E-state index in [9.17, 15) is 0 Å². The third-order valence-corrected chi connectivity index (χ3v) is 11.5. The summed E-state index contributed by atoms with van der Waals surface area (Å²) in [6, 6.07) is 70.8. The summed E-state index contributed by atoms with van der Waals surface area (Å²) in [5.41, 5.74) is 14.7. The molecule has 0 aliphatic carbocycles. The highest BCUT2D eigenvalue weighted by atomic mass is 15.2. The smallest absolute Gasteiger partial charge is 0.221 e. The van der Waals surface area contributed by atoms with Crippen LogP contribution in [0.5, 0.6) is 0 Å². The van der Waals surface area contributed by atoms with Gasteiger partial charge in [0.2, 0.25) is 5.95 Å². The van der Waals surface area contributed by atoms with Crippen LogP contribution in [0, 0.1) is 0 Å². The van der Waals surface area contributed by atoms with Crippen molar-refractivity contribution in [1.82, 2.24) is 23.9 Å². The highest BCUT2D eigenvalue weighted by molar-refractivity contribution is 6.22. The molecule has 4 aromatic heterocycles. The molecule has 4 heterocycles. The number of hydrogen-bond donors (Lipinski definition) is 0. The molecule has 0 fully saturated rings. The second-order valence-corrected chi connectivity index (χ2v) is 14.8. The SMILES string of the molecule is c1ccc(-c2cc(-c3ccccc3)nc(-c3ccc(-c4cc5c6ccccc6n(-c6nc7ccccc7c7nc8ccccc8n67)c5c5ccccc45)cc3)c2)cc1. The van der Waals surface area contributed by atoms with Crippen molar-refractivity contribution in [3.05, 3.63) is 200 Å². The first-order chi connectivity index (χ1) is 28.8. The number of benzene rings is 8. The topological polar surface area (TPSA) is 48.0 Å². The Morgan fingerprint density at radius 1 is 0.328 bits per heavy atom. The van der Waals surface area contributed by atoms with E-state index in [1.54, 1.807) is 0 Å². The number of rotatable bonds is 5. The fourth-order valence-electron chi connectivity index (χ4n) is 8.80. The van der Waals surface area contributed by atoms with E-state index in [-0.39, 0.29) is 0 Å². The minimum Gasteiger partial charge on any atom is -0.278 e. The lowest BCUT2D eigenvalue weighted by atomic mass is 9.94. The normalized spacial score (nSPS) is 11.8. The van der Waals surface area contributed by atoms with Crippen molar-refractivity contribution in [3.63, 3.8) is 0 Å². The second-order valence-electron chi connectivity index (χ2n) is 14.8. The first kappa shape index (κ1) is 32.4. The molecule has 0 radical (unpaired) electrons. The van der Waals surface area contributed by atoms with Gasteiger partial charge < -0.3 is 0 Å². The number of hydrogen-bond acceptors (Lipinski definition) is 3. The fourth-order valence-corrected chi connectivity index (χ4v) is 8.80. The Morgan fingerprint density at radius 2 is 0.879 bits per heavy atom. The first-order valence-corrected chi connectivity index (χ1v) is 19.6. The molecule has 12 aromatic rings. The summed E-state index contributed by atoms with van der Waals surface area (Å²) in [5, 5.41) is 5.70. The molecule has 0 spiro atoms. The summed E-state index contributed by atoms with van der Waals surface area (Å²) in [6.45, 7) is 0. The summed E-state index contributed by atoms with van der Waals surface area (Å²) in [6.07, 6.45) is 0. The van der Waals surface area contributed by atoms with E-state index in [2.05, 4.69) is 197 Å². The lowest BCUT2D eigenvalue weighted by molar-refractivity contribution is 0.982. The maximum Gasteiger partial charge on any atom is 0.221 e. The predicted octanol–water partition coefficient (Wildman–Crippen LogP) is 13.3. The molecule has 5 nitrogen and oxygen atoms in total. The van der Waals surface area contributed by atoms with Crippen LogP contribution >= 0.6 is 0 Å². The maximum absolute atomic E-state index is 5.43. The van der Waals surface area contributed by atoms with E-state index in [0.717, 1.165) is 83.6 Å². The van der Waals surface area contributed by atoms with Crippen LogP contribution in [0.25, 0.3) is 111 Å². The molecule has 0 N–H and O–H groups in total. The minimum atomic E-state index is 0.816. The number of aromatic nitrogens is 5. The van der Waals surface area contributed by atoms with Gasteiger partial charge in [-0.3, -0.25) is 8.97 Å². The van der Waals surface area contributed by atoms with Crippen molar-refractivity contribution in [3.8, 4) is 50.7 Å². The first-order valence-electron chi connectivity index (χ1n) is 19.6. The molecule has 0 bridgehead atoms. The monoisotopic (exact) mass is 739 g/mol. The largest absolute Gasteiger partial charge is 0.278 e. The van der Waals surface area contributed by atoms with Crippen LogP contribution in [0.15, 0.2) is 200 Å². The van der Waals surface area contributed by atoms with Crippen molar-refractivity contribution < 1.29 is 0 Å². The van der Waals surface area contributed by atoms with Gasteiger partial charge in [0.05, 0.1) is 39.0 Å². The molecule has 0 aliphatic heterocycles. The number of imidazole rings is 1. The summed E-state index contributed by atoms with van der Waals surface area (Å²) in [7, 11) is 0. The number of para-hydroxylation sites is 4. The number of pyridine rings is 1. The summed E-state index contributed by atoms with van der Waals surface area (Å²) in [5.74, 6) is 0.816. The van der Waals surface area contributed by atoms with Crippen LogP contribution in [-0.4, -0.2) is 23.9 Å². The molecule has 8 aromatic carbocycles. The molecule has 0 saturated carbocycles. The van der Waals surface area contributed by atoms with Gasteiger partial charge in [-0.05, 0) is 76.2 Å². The van der Waals surface area contributed by atoms with Gasteiger partial charge in [0, 0.05) is 32.7 Å². The van der Waals surface area contributed by atoms with Crippen molar-refractivity contribution in [2.24, 2.45) is 0 Å². The molecule has 58 heavy (non-hydrogen) atoms. The molecule has 0 saturated heterocycles. The molecule has 5 heteroatoms. The van der Waals surface area contributed by atoms with Crippen LogP contribution in [0.3, 0.4) is 0 Å². The van der Waals surface area contributed by atoms with Crippen LogP contribution in [-0.2, 0) is 0 Å². The molecule has 270 valence electrons. The highest BCUT2D eigenvalue weighted by Gasteiger charge is 2.22. The minimum absolute atomic E-state index is 0.816. The van der Waals surface area contributed by atoms with Crippen LogP contribution in [0.1, 0.15) is 0 Å². The zero-order valence-electron chi connectivity index (χ0n) is 31.3. The number of fused-ring (bicyclic) bond motifs is 10. The Bertz CT molecular complexity index is 3490. The quantitative estimate of drug-likeness (QED) is 0.177. The molecule has 0 aliphatic rings. The van der Waals surface area contributed by atoms with Gasteiger partial charge in [0.15, 0.2) is 0 Å². The van der Waals surface area contributed by atoms with Crippen LogP contribution in [0.2, 0.25) is 0 Å². The Labute approximate surface area is 333 Å². The molecular formula is C53H33N5. The van der Waals surface area contributed by atoms with Crippen molar-refractivity contribution in [2.75, 3.05) is 0 Å². The van der Waals surface area contributed by atoms with Crippen molar-refractivity contribution >= 4 is 60.2 Å². The summed E-state index contributed by atoms with van der Waals surface area (Å²) in [4.78, 5) is 15.8. The fraction of sp³-hybridized carbons (Fsp3) is 0. The number of nitrogens with zero attached hydrogens (tertiary/aromatic N) is 5. The third-order valence-electron chi connectivity index (χ3n) is 11.5. The lowest BCUT2D eigenvalue weighted by Crippen LogP contribution is -2.06. The molecule has 0 unspecified atom stereocenters. The van der Waals surface area contributed by atoms with Gasteiger partial charge in [-0.15, -0.1) is 0 Å². The Balaban J connectivity index is 1.07. The average molecular weight is 740 g/mol. The molecular weight excluding hydrogens is 707 g/mol. The van der Waals surface area contributed by atoms with E-state index in [0.29, 0.717) is 0 Å². The van der Waals surface area contributed by atoms with E-state index in [1.807, 2.05) is 12.1 Å². The summed E-state index contributed by atoms with van der Waals surface area (Å²) < 4.78 is 4.58. The predicted molar refractivity (Wildman–Crippen MR) is 239 cm³/mol. The van der Waals surface area contributed by atoms with Crippen LogP contribution < -0.4 is 0 Å². The highest BCUT2D eigenvalue weighted by Crippen LogP contribution is 2.42. The van der Waals surface area contributed by atoms with Gasteiger partial charge in [0.1, 0.15) is 5.65 Å². The molecule has 0 amide bonds. The van der Waals surface area contributed by atoms with Gasteiger partial charge in [0.25, 0.3) is 0 Å². The Kier molecular flexibility index (Phi) is 7.16. The Morgan fingerprint density at radius 3 is 1.62 bits per heavy atom. The van der Waals surface area contributed by atoms with Gasteiger partial charge in [-0.1, -0.05) is 152 Å². The zero-order chi connectivity index (χ0) is 38.2. The third kappa shape index (κ3) is 5.00. The van der Waals surface area contributed by atoms with E-state index in [4.69, 9.17) is 15.0 Å². The van der Waals surface area contributed by atoms with E-state index >= 15 is 0 Å². The average Bonchev–Trinajstić information content (AvgIpc) is 3.86. The maximum atomic E-state index is 5.43. The van der Waals surface area contributed by atoms with E-state index < -0.39 is 0 Å². The Hall–Kier alpha value is -7.89. The second kappa shape index (κ2) is 12.8. The zero-order valence-corrected chi connectivity index (χ0v) is 31.3. The van der Waals surface area contributed by atoms with Gasteiger partial charge in [-0.2, -0.15) is 0 Å².